The van der Waals surface area contributed by atoms with Crippen LogP contribution in [-0.2, 0) is 14.3 Å². The minimum atomic E-state index is -0.659. The summed E-state index contributed by atoms with van der Waals surface area (Å²) in [6.45, 7) is 5.54. The summed E-state index contributed by atoms with van der Waals surface area (Å²) < 4.78 is 16.6. The van der Waals surface area contributed by atoms with Gasteiger partial charge in [0.1, 0.15) is 0 Å². The third-order valence-corrected chi connectivity index (χ3v) is 6.79. The molecule has 7 heteroatoms. The van der Waals surface area contributed by atoms with Crippen molar-refractivity contribution in [3.8, 4) is 11.5 Å². The Morgan fingerprint density at radius 3 is 2.53 bits per heavy atom. The largest absolute Gasteiger partial charge is 0.460 e. The Hall–Kier alpha value is -3.25. The summed E-state index contributed by atoms with van der Waals surface area (Å²) in [7, 11) is 0. The van der Waals surface area contributed by atoms with Crippen molar-refractivity contribution in [2.45, 2.75) is 51.6 Å². The molecular weight excluding hydrogens is 454 g/mol. The number of Topliss-reactive ketones (excluding diaryl/α,β-unsaturated/α-hetero) is 1. The number of hydrogen-bond acceptors (Lipinski definition) is 6. The van der Waals surface area contributed by atoms with Crippen LogP contribution in [0, 0.1) is 0 Å². The molecule has 0 saturated carbocycles. The van der Waals surface area contributed by atoms with E-state index in [4.69, 9.17) is 25.8 Å². The van der Waals surface area contributed by atoms with E-state index >= 15 is 0 Å². The van der Waals surface area contributed by atoms with Gasteiger partial charge in [0.25, 0.3) is 0 Å². The molecule has 2 atom stereocenters. The van der Waals surface area contributed by atoms with Gasteiger partial charge in [0.05, 0.1) is 11.7 Å². The zero-order valence-electron chi connectivity index (χ0n) is 19.3. The molecule has 2 aromatic carbocycles. The van der Waals surface area contributed by atoms with Crippen molar-refractivity contribution in [3.63, 3.8) is 0 Å². The van der Waals surface area contributed by atoms with Gasteiger partial charge in [-0.3, -0.25) is 4.79 Å². The predicted octanol–water partition coefficient (Wildman–Crippen LogP) is 5.38. The molecule has 2 heterocycles. The maximum Gasteiger partial charge on any atom is 0.337 e. The van der Waals surface area contributed by atoms with Crippen LogP contribution in [0.3, 0.4) is 0 Å². The number of carbonyl (C=O) groups is 2. The molecule has 0 bridgehead atoms. The Kier molecular flexibility index (Phi) is 5.86. The molecule has 2 aromatic rings. The molecule has 0 aromatic heterocycles. The Labute approximate surface area is 203 Å². The number of carbonyl (C=O) groups excluding carboxylic acids is 2. The van der Waals surface area contributed by atoms with E-state index in [2.05, 4.69) is 5.32 Å². The zero-order chi connectivity index (χ0) is 24.0. The van der Waals surface area contributed by atoms with Crippen LogP contribution < -0.4 is 14.8 Å². The van der Waals surface area contributed by atoms with Crippen LogP contribution >= 0.6 is 11.6 Å². The van der Waals surface area contributed by atoms with Crippen molar-refractivity contribution in [2.24, 2.45) is 0 Å². The van der Waals surface area contributed by atoms with Crippen molar-refractivity contribution in [1.29, 1.82) is 0 Å². The summed E-state index contributed by atoms with van der Waals surface area (Å²) in [6, 6.07) is 13.5. The number of ether oxygens (including phenoxy) is 3. The number of benzene rings is 2. The third kappa shape index (κ3) is 3.96. The molecule has 176 valence electrons. The first-order valence-corrected chi connectivity index (χ1v) is 11.8. The van der Waals surface area contributed by atoms with Crippen molar-refractivity contribution >= 4 is 23.4 Å². The summed E-state index contributed by atoms with van der Waals surface area (Å²) in [5.41, 5.74) is 4.18. The predicted molar refractivity (Wildman–Crippen MR) is 128 cm³/mol. The van der Waals surface area contributed by atoms with Crippen molar-refractivity contribution in [2.75, 3.05) is 6.79 Å². The number of ketones is 1. The molecule has 0 fully saturated rings. The van der Waals surface area contributed by atoms with Gasteiger partial charge in [-0.1, -0.05) is 41.9 Å². The van der Waals surface area contributed by atoms with Gasteiger partial charge in [-0.2, -0.15) is 0 Å². The lowest BCUT2D eigenvalue weighted by molar-refractivity contribution is -0.143. The number of allylic oxidation sites excluding steroid dienone is 3. The maximum absolute atomic E-state index is 13.7. The molecule has 1 aliphatic carbocycles. The quantitative estimate of drug-likeness (QED) is 0.593. The third-order valence-electron chi connectivity index (χ3n) is 6.46. The van der Waals surface area contributed by atoms with Crippen LogP contribution in [0.5, 0.6) is 11.5 Å². The molecule has 34 heavy (non-hydrogen) atoms. The van der Waals surface area contributed by atoms with Gasteiger partial charge in [0.2, 0.25) is 6.79 Å². The second-order valence-electron chi connectivity index (χ2n) is 9.11. The fraction of sp³-hybridized carbons (Fsp3) is 0.333. The first-order chi connectivity index (χ1) is 16.3. The lowest BCUT2D eigenvalue weighted by atomic mass is 9.71. The summed E-state index contributed by atoms with van der Waals surface area (Å²) in [6.07, 6.45) is 0.711. The fourth-order valence-corrected chi connectivity index (χ4v) is 5.28. The highest BCUT2D eigenvalue weighted by atomic mass is 35.5. The second kappa shape index (κ2) is 8.84. The molecule has 0 amide bonds. The standard InChI is InChI=1S/C27H26ClNO5/c1-14(2)34-27(31)24-15(3)29-20-9-17(16-7-5-4-6-8-16)10-21(30)26(20)25(24)18-11-22-23(12-19(18)28)33-13-32-22/h4-8,11-12,14,17,25,29H,9-10,13H2,1-3H3/t17-,25-/m1/s1. The highest BCUT2D eigenvalue weighted by Gasteiger charge is 2.42. The number of nitrogens with one attached hydrogen (secondary N) is 1. The molecule has 1 N–H and O–H groups in total. The molecule has 6 nitrogen and oxygen atoms in total. The highest BCUT2D eigenvalue weighted by molar-refractivity contribution is 6.32. The SMILES string of the molecule is CC1=C(C(=O)OC(C)C)[C@@H](c2cc3c(cc2Cl)OCO3)C2=C(C[C@@H](c3ccccc3)CC2=O)N1. The molecule has 0 spiro atoms. The topological polar surface area (TPSA) is 73.9 Å². The normalized spacial score (nSPS) is 21.5. The molecular formula is C27H26ClNO5. The maximum atomic E-state index is 13.7. The van der Waals surface area contributed by atoms with Gasteiger partial charge in [0, 0.05) is 40.4 Å². The Balaban J connectivity index is 1.64. The van der Waals surface area contributed by atoms with Gasteiger partial charge >= 0.3 is 5.97 Å². The molecule has 5 rings (SSSR count). The number of halogens is 1. The number of hydrogen-bond donors (Lipinski definition) is 1. The molecule has 3 aliphatic rings. The minimum Gasteiger partial charge on any atom is -0.460 e. The summed E-state index contributed by atoms with van der Waals surface area (Å²) >= 11 is 6.70. The summed E-state index contributed by atoms with van der Waals surface area (Å²) in [4.78, 5) is 26.9. The number of rotatable bonds is 4. The smallest absolute Gasteiger partial charge is 0.337 e. The van der Waals surface area contributed by atoms with Crippen molar-refractivity contribution < 1.29 is 23.8 Å². The van der Waals surface area contributed by atoms with E-state index in [9.17, 15) is 9.59 Å². The van der Waals surface area contributed by atoms with Gasteiger partial charge < -0.3 is 19.5 Å². The van der Waals surface area contributed by atoms with Crippen LogP contribution in [0.2, 0.25) is 5.02 Å². The zero-order valence-corrected chi connectivity index (χ0v) is 20.1. The molecule has 2 aliphatic heterocycles. The van der Waals surface area contributed by atoms with Gasteiger partial charge in [-0.25, -0.2) is 4.79 Å². The van der Waals surface area contributed by atoms with E-state index in [0.717, 1.165) is 11.3 Å². The number of fused-ring (bicyclic) bond motifs is 1. The lowest BCUT2D eigenvalue weighted by Crippen LogP contribution is -2.36. The van der Waals surface area contributed by atoms with Crippen molar-refractivity contribution in [1.82, 2.24) is 5.32 Å². The van der Waals surface area contributed by atoms with E-state index in [0.29, 0.717) is 51.8 Å². The van der Waals surface area contributed by atoms with E-state index < -0.39 is 11.9 Å². The average Bonchev–Trinajstić information content (AvgIpc) is 3.24. The number of esters is 1. The molecule has 0 unspecified atom stereocenters. The first kappa shape index (κ1) is 22.5. The van der Waals surface area contributed by atoms with Crippen LogP contribution in [-0.4, -0.2) is 24.6 Å². The molecule has 0 saturated heterocycles. The van der Waals surface area contributed by atoms with Crippen LogP contribution in [0.15, 0.2) is 65.0 Å². The highest BCUT2D eigenvalue weighted by Crippen LogP contribution is 2.49. The van der Waals surface area contributed by atoms with E-state index in [1.807, 2.05) is 37.3 Å². The van der Waals surface area contributed by atoms with Gasteiger partial charge in [-0.15, -0.1) is 0 Å². The lowest BCUT2D eigenvalue weighted by Gasteiger charge is -2.37. The van der Waals surface area contributed by atoms with Crippen LogP contribution in [0.4, 0.5) is 0 Å². The summed E-state index contributed by atoms with van der Waals surface area (Å²) in [5, 5.41) is 3.77. The van der Waals surface area contributed by atoms with E-state index in [1.165, 1.54) is 0 Å². The Morgan fingerprint density at radius 2 is 1.82 bits per heavy atom. The monoisotopic (exact) mass is 479 g/mol. The fourth-order valence-electron chi connectivity index (χ4n) is 5.01. The minimum absolute atomic E-state index is 0.0105. The van der Waals surface area contributed by atoms with Crippen molar-refractivity contribution in [3.05, 3.63) is 81.2 Å². The summed E-state index contributed by atoms with van der Waals surface area (Å²) in [5.74, 6) is 0.00760. The Morgan fingerprint density at radius 1 is 1.12 bits per heavy atom. The van der Waals surface area contributed by atoms with Gasteiger partial charge in [-0.05, 0) is 50.3 Å². The first-order valence-electron chi connectivity index (χ1n) is 11.4. The Bertz CT molecular complexity index is 1230. The number of dihydropyridines is 1. The van der Waals surface area contributed by atoms with E-state index in [1.54, 1.807) is 26.0 Å². The van der Waals surface area contributed by atoms with Gasteiger partial charge in [0.15, 0.2) is 17.3 Å². The van der Waals surface area contributed by atoms with E-state index in [-0.39, 0.29) is 24.6 Å². The van der Waals surface area contributed by atoms with Crippen LogP contribution in [0.1, 0.15) is 56.6 Å². The molecule has 0 radical (unpaired) electrons. The average molecular weight is 480 g/mol. The van der Waals surface area contributed by atoms with Crippen LogP contribution in [0.25, 0.3) is 0 Å². The second-order valence-corrected chi connectivity index (χ2v) is 9.52.